The van der Waals surface area contributed by atoms with Crippen molar-refractivity contribution in [2.45, 2.75) is 83.9 Å². The molecule has 4 heteroatoms. The van der Waals surface area contributed by atoms with Crippen LogP contribution in [0.5, 0.6) is 0 Å². The molecule has 0 aliphatic heterocycles. The fourth-order valence-electron chi connectivity index (χ4n) is 3.94. The van der Waals surface area contributed by atoms with Crippen LogP contribution in [0.3, 0.4) is 0 Å². The van der Waals surface area contributed by atoms with Gasteiger partial charge in [-0.05, 0) is 39.0 Å². The molecule has 2 fully saturated rings. The number of nitrogens with one attached hydrogen (secondary N) is 1. The maximum atomic E-state index is 12.2. The summed E-state index contributed by atoms with van der Waals surface area (Å²) in [4.78, 5) is 12.2. The van der Waals surface area contributed by atoms with Gasteiger partial charge in [0.05, 0.1) is 0 Å². The van der Waals surface area contributed by atoms with Gasteiger partial charge in [0.1, 0.15) is 5.60 Å². The second-order valence-corrected chi connectivity index (χ2v) is 8.17. The number of rotatable bonds is 2. The largest absolute Gasteiger partial charge is 0.444 e. The van der Waals surface area contributed by atoms with Gasteiger partial charge in [0, 0.05) is 17.5 Å². The van der Waals surface area contributed by atoms with E-state index in [1.54, 1.807) is 0 Å². The summed E-state index contributed by atoms with van der Waals surface area (Å²) >= 11 is 0. The van der Waals surface area contributed by atoms with Gasteiger partial charge in [0.15, 0.2) is 0 Å². The van der Waals surface area contributed by atoms with E-state index < -0.39 is 5.60 Å². The molecule has 0 heterocycles. The van der Waals surface area contributed by atoms with E-state index in [0.29, 0.717) is 5.92 Å². The summed E-state index contributed by atoms with van der Waals surface area (Å²) in [5, 5.41) is 3.20. The molecule has 2 atom stereocenters. The normalized spacial score (nSPS) is 31.5. The minimum absolute atomic E-state index is 0.117. The third-order valence-corrected chi connectivity index (χ3v) is 5.00. The maximum Gasteiger partial charge on any atom is 0.408 e. The second kappa shape index (κ2) is 4.90. The zero-order valence-corrected chi connectivity index (χ0v) is 13.6. The molecule has 0 spiro atoms. The SMILES string of the molecule is CC(C)(C)OC(=O)NC1(C2C(N)C2(C)C)CCCCC1. The Bertz CT molecular complexity index is 378. The van der Waals surface area contributed by atoms with Crippen LogP contribution in [0.2, 0.25) is 0 Å². The molecule has 2 unspecified atom stereocenters. The summed E-state index contributed by atoms with van der Waals surface area (Å²) in [5.41, 5.74) is 5.77. The average molecular weight is 282 g/mol. The summed E-state index contributed by atoms with van der Waals surface area (Å²) in [7, 11) is 0. The molecule has 20 heavy (non-hydrogen) atoms. The van der Waals surface area contributed by atoms with Gasteiger partial charge in [-0.3, -0.25) is 0 Å². The number of carbonyl (C=O) groups excluding carboxylic acids is 1. The summed E-state index contributed by atoms with van der Waals surface area (Å²) in [6.07, 6.45) is 5.32. The minimum Gasteiger partial charge on any atom is -0.444 e. The number of ether oxygens (including phenoxy) is 1. The number of nitrogens with two attached hydrogens (primary N) is 1. The molecular formula is C16H30N2O2. The molecule has 0 aromatic rings. The zero-order chi connectivity index (χ0) is 15.2. The zero-order valence-electron chi connectivity index (χ0n) is 13.6. The first-order valence-electron chi connectivity index (χ1n) is 7.85. The molecule has 2 aliphatic rings. The number of hydrogen-bond acceptors (Lipinski definition) is 3. The Kier molecular flexibility index (Phi) is 3.83. The number of hydrogen-bond donors (Lipinski definition) is 2. The van der Waals surface area contributed by atoms with E-state index in [0.717, 1.165) is 25.7 Å². The molecule has 0 aromatic heterocycles. The molecule has 0 radical (unpaired) electrons. The predicted molar refractivity (Wildman–Crippen MR) is 80.4 cm³/mol. The minimum atomic E-state index is -0.457. The summed E-state index contributed by atoms with van der Waals surface area (Å²) in [5.74, 6) is 0.364. The lowest BCUT2D eigenvalue weighted by Crippen LogP contribution is -2.54. The van der Waals surface area contributed by atoms with Gasteiger partial charge >= 0.3 is 6.09 Å². The highest BCUT2D eigenvalue weighted by atomic mass is 16.6. The van der Waals surface area contributed by atoms with Gasteiger partial charge in [0.2, 0.25) is 0 Å². The first kappa shape index (κ1) is 15.6. The number of amides is 1. The summed E-state index contributed by atoms with van der Waals surface area (Å²) < 4.78 is 5.46. The first-order chi connectivity index (χ1) is 9.08. The lowest BCUT2D eigenvalue weighted by atomic mass is 9.76. The van der Waals surface area contributed by atoms with Gasteiger partial charge in [-0.25, -0.2) is 4.79 Å². The lowest BCUT2D eigenvalue weighted by Gasteiger charge is -2.40. The fraction of sp³-hybridized carbons (Fsp3) is 0.938. The van der Waals surface area contributed by atoms with Crippen molar-refractivity contribution in [2.24, 2.45) is 17.1 Å². The van der Waals surface area contributed by atoms with Gasteiger partial charge in [0.25, 0.3) is 0 Å². The van der Waals surface area contributed by atoms with E-state index in [-0.39, 0.29) is 23.1 Å². The van der Waals surface area contributed by atoms with E-state index in [2.05, 4.69) is 19.2 Å². The molecule has 1 amide bonds. The standard InChI is InChI=1S/C16H30N2O2/c1-14(2,3)20-13(19)18-16(9-7-6-8-10-16)11-12(17)15(11,4)5/h11-12H,6-10,17H2,1-5H3,(H,18,19). The Morgan fingerprint density at radius 1 is 1.20 bits per heavy atom. The van der Waals surface area contributed by atoms with Gasteiger partial charge in [-0.15, -0.1) is 0 Å². The molecule has 4 nitrogen and oxygen atoms in total. The van der Waals surface area contributed by atoms with Crippen LogP contribution >= 0.6 is 0 Å². The van der Waals surface area contributed by atoms with Crippen molar-refractivity contribution in [1.82, 2.24) is 5.32 Å². The smallest absolute Gasteiger partial charge is 0.408 e. The second-order valence-electron chi connectivity index (χ2n) is 8.17. The van der Waals surface area contributed by atoms with Crippen LogP contribution in [0.15, 0.2) is 0 Å². The van der Waals surface area contributed by atoms with E-state index in [4.69, 9.17) is 10.5 Å². The van der Waals surface area contributed by atoms with Crippen molar-refractivity contribution in [2.75, 3.05) is 0 Å². The molecule has 3 N–H and O–H groups in total. The molecule has 2 saturated carbocycles. The third kappa shape index (κ3) is 2.95. The van der Waals surface area contributed by atoms with Crippen LogP contribution in [-0.2, 0) is 4.74 Å². The Morgan fingerprint density at radius 2 is 1.70 bits per heavy atom. The van der Waals surface area contributed by atoms with Gasteiger partial charge in [-0.2, -0.15) is 0 Å². The van der Waals surface area contributed by atoms with Crippen molar-refractivity contribution in [3.05, 3.63) is 0 Å². The van der Waals surface area contributed by atoms with Crippen LogP contribution in [0.1, 0.15) is 66.7 Å². The van der Waals surface area contributed by atoms with Crippen molar-refractivity contribution < 1.29 is 9.53 Å². The molecular weight excluding hydrogens is 252 g/mol. The highest BCUT2D eigenvalue weighted by Gasteiger charge is 2.65. The Labute approximate surface area is 122 Å². The van der Waals surface area contributed by atoms with Crippen LogP contribution in [0, 0.1) is 11.3 Å². The predicted octanol–water partition coefficient (Wildman–Crippen LogP) is 3.20. The first-order valence-corrected chi connectivity index (χ1v) is 7.85. The van der Waals surface area contributed by atoms with Crippen LogP contribution in [0.25, 0.3) is 0 Å². The van der Waals surface area contributed by atoms with Crippen LogP contribution in [-0.4, -0.2) is 23.3 Å². The van der Waals surface area contributed by atoms with Crippen molar-refractivity contribution in [3.8, 4) is 0 Å². The summed E-state index contributed by atoms with van der Waals surface area (Å²) in [6, 6.07) is 0.176. The third-order valence-electron chi connectivity index (χ3n) is 5.00. The highest BCUT2D eigenvalue weighted by molar-refractivity contribution is 5.69. The molecule has 0 aromatic carbocycles. The Balaban J connectivity index is 2.11. The van der Waals surface area contributed by atoms with E-state index in [1.807, 2.05) is 20.8 Å². The Hall–Kier alpha value is -0.770. The Morgan fingerprint density at radius 3 is 2.10 bits per heavy atom. The lowest BCUT2D eigenvalue weighted by molar-refractivity contribution is 0.0387. The quantitative estimate of drug-likeness (QED) is 0.817. The van der Waals surface area contributed by atoms with E-state index in [9.17, 15) is 4.79 Å². The van der Waals surface area contributed by atoms with E-state index >= 15 is 0 Å². The molecule has 2 aliphatic carbocycles. The number of alkyl carbamates (subject to hydrolysis) is 1. The van der Waals surface area contributed by atoms with E-state index in [1.165, 1.54) is 6.42 Å². The maximum absolute atomic E-state index is 12.2. The van der Waals surface area contributed by atoms with Gasteiger partial charge < -0.3 is 15.8 Å². The number of carbonyl (C=O) groups is 1. The topological polar surface area (TPSA) is 64.3 Å². The monoisotopic (exact) mass is 282 g/mol. The van der Waals surface area contributed by atoms with Crippen LogP contribution < -0.4 is 11.1 Å². The summed E-state index contributed by atoms with van der Waals surface area (Å²) in [6.45, 7) is 10.1. The molecule has 0 saturated heterocycles. The fourth-order valence-corrected chi connectivity index (χ4v) is 3.94. The van der Waals surface area contributed by atoms with Gasteiger partial charge in [-0.1, -0.05) is 33.1 Å². The highest BCUT2D eigenvalue weighted by Crippen LogP contribution is 2.59. The molecule has 0 bridgehead atoms. The average Bonchev–Trinajstić information content (AvgIpc) is 2.76. The van der Waals surface area contributed by atoms with Crippen molar-refractivity contribution >= 4 is 6.09 Å². The molecule has 2 rings (SSSR count). The van der Waals surface area contributed by atoms with Crippen molar-refractivity contribution in [1.29, 1.82) is 0 Å². The molecule has 116 valence electrons. The van der Waals surface area contributed by atoms with Crippen LogP contribution in [0.4, 0.5) is 4.79 Å². The van der Waals surface area contributed by atoms with Crippen molar-refractivity contribution in [3.63, 3.8) is 0 Å².